The second-order valence-electron chi connectivity index (χ2n) is 4.09. The van der Waals surface area contributed by atoms with Gasteiger partial charge in [-0.3, -0.25) is 0 Å². The van der Waals surface area contributed by atoms with E-state index >= 15 is 0 Å². The van der Waals surface area contributed by atoms with Gasteiger partial charge in [-0.1, -0.05) is 5.16 Å². The summed E-state index contributed by atoms with van der Waals surface area (Å²) in [5.74, 6) is -2.07. The van der Waals surface area contributed by atoms with E-state index in [0.29, 0.717) is 32.1 Å². The van der Waals surface area contributed by atoms with Gasteiger partial charge in [-0.25, -0.2) is 0 Å². The van der Waals surface area contributed by atoms with Crippen molar-refractivity contribution in [1.29, 1.82) is 0 Å². The van der Waals surface area contributed by atoms with Gasteiger partial charge in [-0.15, -0.1) is 0 Å². The van der Waals surface area contributed by atoms with E-state index in [0.717, 1.165) is 0 Å². The average molecular weight is 253 g/mol. The highest BCUT2D eigenvalue weighted by Gasteiger charge is 2.58. The molecule has 2 saturated heterocycles. The van der Waals surface area contributed by atoms with Crippen LogP contribution in [-0.2, 0) is 23.8 Å². The van der Waals surface area contributed by atoms with Crippen LogP contribution < -0.4 is 0 Å². The molecule has 6 nitrogen and oxygen atoms in total. The summed E-state index contributed by atoms with van der Waals surface area (Å²) in [7, 11) is 1.50. The van der Waals surface area contributed by atoms with Crippen molar-refractivity contribution in [2.45, 2.75) is 11.6 Å². The largest absolute Gasteiger partial charge is 0.399 e. The number of ether oxygens (including phenoxy) is 4. The second kappa shape index (κ2) is 4.47. The molecule has 0 atom stereocenters. The molecule has 6 heteroatoms. The highest BCUT2D eigenvalue weighted by atomic mass is 16.8. The van der Waals surface area contributed by atoms with Crippen molar-refractivity contribution >= 4 is 5.71 Å². The molecule has 2 fully saturated rings. The van der Waals surface area contributed by atoms with Crippen molar-refractivity contribution in [1.82, 2.24) is 0 Å². The highest BCUT2D eigenvalue weighted by molar-refractivity contribution is 6.04. The third-order valence-corrected chi connectivity index (χ3v) is 3.06. The maximum absolute atomic E-state index is 5.76. The molecule has 0 radical (unpaired) electrons. The number of oxime groups is 1. The minimum absolute atomic E-state index is 0.458. The quantitative estimate of drug-likeness (QED) is 0.640. The fourth-order valence-corrected chi connectivity index (χ4v) is 2.30. The maximum Gasteiger partial charge on any atom is 0.248 e. The topological polar surface area (TPSA) is 58.5 Å². The standard InChI is InChI=1S/C12H15NO5/c1-14-13-10-2-4-11-12(5-3-10,17-8-6-15-11)18-9-7-16-11/h2-5H,6-9H2,1H3. The Morgan fingerprint density at radius 2 is 1.39 bits per heavy atom. The monoisotopic (exact) mass is 253 g/mol. The zero-order valence-corrected chi connectivity index (χ0v) is 10.1. The molecule has 0 amide bonds. The third kappa shape index (κ3) is 1.69. The SMILES string of the molecule is CON=C1C=CC23OCCOC2(C=C1)OCCO3. The Morgan fingerprint density at radius 1 is 0.944 bits per heavy atom. The first-order valence-electron chi connectivity index (χ1n) is 5.86. The van der Waals surface area contributed by atoms with Gasteiger partial charge in [0.25, 0.3) is 0 Å². The molecule has 18 heavy (non-hydrogen) atoms. The summed E-state index contributed by atoms with van der Waals surface area (Å²) in [5.41, 5.74) is 0.645. The lowest BCUT2D eigenvalue weighted by Crippen LogP contribution is -2.65. The Bertz CT molecular complexity index is 369. The van der Waals surface area contributed by atoms with Crippen LogP contribution in [0, 0.1) is 0 Å². The summed E-state index contributed by atoms with van der Waals surface area (Å²) in [6, 6.07) is 0. The lowest BCUT2D eigenvalue weighted by atomic mass is 10.0. The zero-order chi connectivity index (χ0) is 12.5. The van der Waals surface area contributed by atoms with Gasteiger partial charge in [-0.05, 0) is 24.3 Å². The van der Waals surface area contributed by atoms with Crippen LogP contribution >= 0.6 is 0 Å². The van der Waals surface area contributed by atoms with Gasteiger partial charge in [-0.2, -0.15) is 0 Å². The van der Waals surface area contributed by atoms with E-state index in [2.05, 4.69) is 5.16 Å². The number of allylic oxidation sites excluding steroid dienone is 2. The Morgan fingerprint density at radius 3 is 1.78 bits per heavy atom. The minimum atomic E-state index is -1.04. The average Bonchev–Trinajstić information content (AvgIpc) is 2.58. The Hall–Kier alpha value is -1.21. The maximum atomic E-state index is 5.76. The third-order valence-electron chi connectivity index (χ3n) is 3.06. The summed E-state index contributed by atoms with van der Waals surface area (Å²) < 4.78 is 23.1. The molecule has 0 N–H and O–H groups in total. The molecule has 2 heterocycles. The Kier molecular flexibility index (Phi) is 2.95. The van der Waals surface area contributed by atoms with E-state index in [4.69, 9.17) is 23.8 Å². The lowest BCUT2D eigenvalue weighted by molar-refractivity contribution is -0.427. The highest BCUT2D eigenvalue weighted by Crippen LogP contribution is 2.41. The summed E-state index contributed by atoms with van der Waals surface area (Å²) in [6.45, 7) is 1.83. The normalized spacial score (nSPS) is 38.6. The fourth-order valence-electron chi connectivity index (χ4n) is 2.30. The molecule has 1 aliphatic carbocycles. The fraction of sp³-hybridized carbons (Fsp3) is 0.583. The molecule has 0 spiro atoms. The van der Waals surface area contributed by atoms with Gasteiger partial charge in [0.1, 0.15) is 12.8 Å². The van der Waals surface area contributed by atoms with Gasteiger partial charge < -0.3 is 23.8 Å². The molecule has 0 aromatic carbocycles. The lowest BCUT2D eigenvalue weighted by Gasteiger charge is -2.50. The van der Waals surface area contributed by atoms with Gasteiger partial charge in [0.15, 0.2) is 0 Å². The summed E-state index contributed by atoms with van der Waals surface area (Å²) in [4.78, 5) is 4.76. The smallest absolute Gasteiger partial charge is 0.248 e. The number of hydrogen-bond acceptors (Lipinski definition) is 6. The van der Waals surface area contributed by atoms with Crippen molar-refractivity contribution in [3.05, 3.63) is 24.3 Å². The molecule has 3 rings (SSSR count). The van der Waals surface area contributed by atoms with E-state index in [1.54, 1.807) is 24.3 Å². The molecular weight excluding hydrogens is 238 g/mol. The van der Waals surface area contributed by atoms with Crippen LogP contribution in [-0.4, -0.2) is 50.8 Å². The molecule has 0 aromatic rings. The van der Waals surface area contributed by atoms with Gasteiger partial charge in [0, 0.05) is 0 Å². The van der Waals surface area contributed by atoms with Crippen molar-refractivity contribution < 1.29 is 23.8 Å². The van der Waals surface area contributed by atoms with Crippen LogP contribution in [0.15, 0.2) is 29.5 Å². The minimum Gasteiger partial charge on any atom is -0.399 e. The van der Waals surface area contributed by atoms with Gasteiger partial charge >= 0.3 is 0 Å². The molecule has 0 aromatic heterocycles. The molecule has 0 saturated carbocycles. The first-order chi connectivity index (χ1) is 8.80. The Balaban J connectivity index is 2.04. The number of rotatable bonds is 1. The van der Waals surface area contributed by atoms with E-state index in [1.807, 2.05) is 0 Å². The number of hydrogen-bond donors (Lipinski definition) is 0. The van der Waals surface area contributed by atoms with Crippen LogP contribution in [0.5, 0.6) is 0 Å². The van der Waals surface area contributed by atoms with Crippen LogP contribution in [0.3, 0.4) is 0 Å². The molecular formula is C12H15NO5. The first-order valence-corrected chi connectivity index (χ1v) is 5.86. The van der Waals surface area contributed by atoms with E-state index < -0.39 is 11.6 Å². The number of nitrogens with zero attached hydrogens (tertiary/aromatic N) is 1. The molecule has 98 valence electrons. The van der Waals surface area contributed by atoms with E-state index in [9.17, 15) is 0 Å². The van der Waals surface area contributed by atoms with Crippen LogP contribution in [0.1, 0.15) is 0 Å². The zero-order valence-electron chi connectivity index (χ0n) is 10.1. The summed E-state index contributed by atoms with van der Waals surface area (Å²) in [6.07, 6.45) is 7.07. The Labute approximate surface area is 105 Å². The molecule has 0 bridgehead atoms. The van der Waals surface area contributed by atoms with Crippen molar-refractivity contribution in [2.75, 3.05) is 33.5 Å². The van der Waals surface area contributed by atoms with E-state index in [-0.39, 0.29) is 0 Å². The van der Waals surface area contributed by atoms with Gasteiger partial charge in [0.05, 0.1) is 26.4 Å². The predicted molar refractivity (Wildman–Crippen MR) is 62.0 cm³/mol. The van der Waals surface area contributed by atoms with Crippen LogP contribution in [0.4, 0.5) is 0 Å². The first kappa shape index (κ1) is 11.9. The second-order valence-corrected chi connectivity index (χ2v) is 4.09. The van der Waals surface area contributed by atoms with Gasteiger partial charge in [0.2, 0.25) is 11.6 Å². The van der Waals surface area contributed by atoms with Crippen molar-refractivity contribution in [2.24, 2.45) is 5.16 Å². The van der Waals surface area contributed by atoms with Crippen molar-refractivity contribution in [3.8, 4) is 0 Å². The molecule has 0 unspecified atom stereocenters. The van der Waals surface area contributed by atoms with Crippen LogP contribution in [0.25, 0.3) is 0 Å². The molecule has 3 aliphatic rings. The summed E-state index contributed by atoms with van der Waals surface area (Å²) in [5, 5.41) is 3.87. The van der Waals surface area contributed by atoms with Crippen molar-refractivity contribution in [3.63, 3.8) is 0 Å². The van der Waals surface area contributed by atoms with Crippen LogP contribution in [0.2, 0.25) is 0 Å². The predicted octanol–water partition coefficient (Wildman–Crippen LogP) is 0.601. The molecule has 2 aliphatic heterocycles. The van der Waals surface area contributed by atoms with E-state index in [1.165, 1.54) is 7.11 Å². The summed E-state index contributed by atoms with van der Waals surface area (Å²) >= 11 is 0.